The lowest BCUT2D eigenvalue weighted by Crippen LogP contribution is -2.36. The summed E-state index contributed by atoms with van der Waals surface area (Å²) in [6, 6.07) is 0. The molecule has 0 radical (unpaired) electrons. The van der Waals surface area contributed by atoms with Crippen LogP contribution in [0.15, 0.2) is 0 Å². The molecule has 0 amide bonds. The topological polar surface area (TPSA) is 51.2 Å². The number of unbranched alkanes of at least 4 members (excludes halogenated alkanes) is 10. The number of hydrogen-bond acceptors (Lipinski definition) is 3. The minimum Gasteiger partial charge on any atom is -0.260 e. The normalized spacial score (nSPS) is 15.2. The highest BCUT2D eigenvalue weighted by Gasteiger charge is 2.33. The van der Waals surface area contributed by atoms with Crippen molar-refractivity contribution >= 4 is 20.6 Å². The molecular weight excluding hydrogens is 412 g/mol. The fourth-order valence-electron chi connectivity index (χ4n) is 4.15. The molecule has 0 aliphatic rings. The highest BCUT2D eigenvalue weighted by Crippen LogP contribution is 2.25. The van der Waals surface area contributed by atoms with Crippen LogP contribution in [0.4, 0.5) is 0 Å². The van der Waals surface area contributed by atoms with Gasteiger partial charge in [-0.1, -0.05) is 111 Å². The largest absolute Gasteiger partial charge is 0.260 e. The SMILES string of the molecule is CCCCCCCCCCS(=O)CC(CCC)S(=O)(=O)C(CCCC)CCCCC. The van der Waals surface area contributed by atoms with E-state index in [-0.39, 0.29) is 5.25 Å². The predicted octanol–water partition coefficient (Wildman–Crippen LogP) is 7.60. The first-order valence-electron chi connectivity index (χ1n) is 13.0. The first-order chi connectivity index (χ1) is 14.4. The van der Waals surface area contributed by atoms with Crippen LogP contribution in [0, 0.1) is 0 Å². The van der Waals surface area contributed by atoms with E-state index in [4.69, 9.17) is 0 Å². The fraction of sp³-hybridized carbons (Fsp3) is 1.00. The summed E-state index contributed by atoms with van der Waals surface area (Å²) in [4.78, 5) is 0. The van der Waals surface area contributed by atoms with Crippen molar-refractivity contribution in [3.63, 3.8) is 0 Å². The molecule has 182 valence electrons. The molecule has 3 unspecified atom stereocenters. The van der Waals surface area contributed by atoms with Crippen LogP contribution in [0.1, 0.15) is 137 Å². The average Bonchev–Trinajstić information content (AvgIpc) is 2.72. The summed E-state index contributed by atoms with van der Waals surface area (Å²) in [7, 11) is -4.23. The van der Waals surface area contributed by atoms with Gasteiger partial charge in [0.05, 0.1) is 10.5 Å². The van der Waals surface area contributed by atoms with E-state index in [0.717, 1.165) is 64.2 Å². The Morgan fingerprint density at radius 1 is 0.567 bits per heavy atom. The van der Waals surface area contributed by atoms with Crippen molar-refractivity contribution in [3.05, 3.63) is 0 Å². The quantitative estimate of drug-likeness (QED) is 0.155. The third kappa shape index (κ3) is 14.2. The Morgan fingerprint density at radius 2 is 1.07 bits per heavy atom. The second-order valence-corrected chi connectivity index (χ2v) is 13.2. The molecule has 0 fully saturated rings. The van der Waals surface area contributed by atoms with E-state index in [0.29, 0.717) is 17.9 Å². The van der Waals surface area contributed by atoms with Crippen LogP contribution >= 0.6 is 0 Å². The van der Waals surface area contributed by atoms with Crippen LogP contribution in [0.25, 0.3) is 0 Å². The van der Waals surface area contributed by atoms with E-state index in [1.165, 1.54) is 38.5 Å². The van der Waals surface area contributed by atoms with Crippen molar-refractivity contribution in [2.75, 3.05) is 11.5 Å². The highest BCUT2D eigenvalue weighted by atomic mass is 32.2. The van der Waals surface area contributed by atoms with Crippen molar-refractivity contribution in [1.29, 1.82) is 0 Å². The standard InChI is InChI=1S/C25H52O3S2/c1-5-9-12-13-14-15-16-18-22-29(26)23-25(19-8-4)30(27,28)24(20-11-7-3)21-17-10-6-2/h24-25H,5-23H2,1-4H3. The second kappa shape index (κ2) is 19.8. The molecule has 0 saturated carbocycles. The van der Waals surface area contributed by atoms with Crippen LogP contribution in [-0.2, 0) is 20.6 Å². The lowest BCUT2D eigenvalue weighted by atomic mass is 10.1. The van der Waals surface area contributed by atoms with E-state index in [1.54, 1.807) is 0 Å². The lowest BCUT2D eigenvalue weighted by molar-refractivity contribution is 0.521. The Hall–Kier alpha value is 0.1000. The van der Waals surface area contributed by atoms with Gasteiger partial charge in [0.2, 0.25) is 0 Å². The Labute approximate surface area is 191 Å². The third-order valence-electron chi connectivity index (χ3n) is 6.15. The minimum atomic E-state index is -3.21. The smallest absolute Gasteiger partial charge is 0.156 e. The van der Waals surface area contributed by atoms with Crippen molar-refractivity contribution in [3.8, 4) is 0 Å². The number of hydrogen-bond donors (Lipinski definition) is 0. The zero-order valence-electron chi connectivity index (χ0n) is 20.6. The van der Waals surface area contributed by atoms with Gasteiger partial charge in [-0.2, -0.15) is 0 Å². The molecule has 3 nitrogen and oxygen atoms in total. The van der Waals surface area contributed by atoms with Crippen LogP contribution in [0.5, 0.6) is 0 Å². The number of sulfone groups is 1. The zero-order chi connectivity index (χ0) is 22.7. The van der Waals surface area contributed by atoms with Crippen LogP contribution in [0.3, 0.4) is 0 Å². The van der Waals surface area contributed by atoms with E-state index in [1.807, 2.05) is 6.92 Å². The Kier molecular flexibility index (Phi) is 19.8. The molecule has 0 aromatic heterocycles. The fourth-order valence-corrected chi connectivity index (χ4v) is 8.74. The highest BCUT2D eigenvalue weighted by molar-refractivity contribution is 7.94. The molecule has 0 saturated heterocycles. The molecule has 30 heavy (non-hydrogen) atoms. The molecule has 0 aromatic rings. The van der Waals surface area contributed by atoms with Gasteiger partial charge in [-0.3, -0.25) is 4.21 Å². The molecule has 0 aromatic carbocycles. The summed E-state index contributed by atoms with van der Waals surface area (Å²) in [5, 5.41) is -0.651. The van der Waals surface area contributed by atoms with Crippen molar-refractivity contribution < 1.29 is 12.6 Å². The molecule has 3 atom stereocenters. The van der Waals surface area contributed by atoms with Gasteiger partial charge < -0.3 is 0 Å². The molecule has 0 rings (SSSR count). The van der Waals surface area contributed by atoms with Crippen LogP contribution in [-0.4, -0.2) is 34.6 Å². The molecule has 0 bridgehead atoms. The monoisotopic (exact) mass is 464 g/mol. The van der Waals surface area contributed by atoms with E-state index in [2.05, 4.69) is 20.8 Å². The molecule has 5 heteroatoms. The van der Waals surface area contributed by atoms with Crippen LogP contribution < -0.4 is 0 Å². The van der Waals surface area contributed by atoms with Crippen LogP contribution in [0.2, 0.25) is 0 Å². The summed E-state index contributed by atoms with van der Waals surface area (Å²) in [5.74, 6) is 1.02. The van der Waals surface area contributed by atoms with Gasteiger partial charge in [0.25, 0.3) is 0 Å². The summed E-state index contributed by atoms with van der Waals surface area (Å²) in [5.41, 5.74) is 0. The van der Waals surface area contributed by atoms with E-state index >= 15 is 0 Å². The summed E-state index contributed by atoms with van der Waals surface area (Å²) in [6.07, 6.45) is 18.1. The van der Waals surface area contributed by atoms with Gasteiger partial charge >= 0.3 is 0 Å². The lowest BCUT2D eigenvalue weighted by Gasteiger charge is -2.24. The average molecular weight is 465 g/mol. The first kappa shape index (κ1) is 30.1. The van der Waals surface area contributed by atoms with Gasteiger partial charge in [-0.25, -0.2) is 8.42 Å². The predicted molar refractivity (Wildman–Crippen MR) is 136 cm³/mol. The molecule has 0 N–H and O–H groups in total. The second-order valence-electron chi connectivity index (χ2n) is 9.05. The Bertz CT molecular complexity index is 503. The Balaban J connectivity index is 4.63. The maximum atomic E-state index is 13.4. The number of rotatable bonds is 22. The molecular formula is C25H52O3S2. The summed E-state index contributed by atoms with van der Waals surface area (Å²) >= 11 is 0. The Morgan fingerprint density at radius 3 is 1.63 bits per heavy atom. The zero-order valence-corrected chi connectivity index (χ0v) is 22.3. The van der Waals surface area contributed by atoms with Crippen molar-refractivity contribution in [2.45, 2.75) is 147 Å². The maximum Gasteiger partial charge on any atom is 0.156 e. The first-order valence-corrected chi connectivity index (χ1v) is 16.1. The minimum absolute atomic E-state index is 0.235. The van der Waals surface area contributed by atoms with Gasteiger partial charge in [0, 0.05) is 22.3 Å². The summed E-state index contributed by atoms with van der Waals surface area (Å²) in [6.45, 7) is 8.56. The maximum absolute atomic E-state index is 13.4. The molecule has 0 heterocycles. The summed E-state index contributed by atoms with van der Waals surface area (Å²) < 4.78 is 39.5. The third-order valence-corrected chi connectivity index (χ3v) is 10.6. The molecule has 0 aliphatic heterocycles. The van der Waals surface area contributed by atoms with Crippen molar-refractivity contribution in [2.24, 2.45) is 0 Å². The van der Waals surface area contributed by atoms with Crippen molar-refractivity contribution in [1.82, 2.24) is 0 Å². The van der Waals surface area contributed by atoms with E-state index < -0.39 is 25.9 Å². The van der Waals surface area contributed by atoms with Gasteiger partial charge in [-0.15, -0.1) is 0 Å². The van der Waals surface area contributed by atoms with Gasteiger partial charge in [-0.05, 0) is 25.7 Å². The van der Waals surface area contributed by atoms with Gasteiger partial charge in [0.1, 0.15) is 0 Å². The molecule has 0 spiro atoms. The van der Waals surface area contributed by atoms with Gasteiger partial charge in [0.15, 0.2) is 9.84 Å². The molecule has 0 aliphatic carbocycles. The van der Waals surface area contributed by atoms with E-state index in [9.17, 15) is 12.6 Å².